The first kappa shape index (κ1) is 15.3. The van der Waals surface area contributed by atoms with Gasteiger partial charge in [0.05, 0.1) is 23.7 Å². The van der Waals surface area contributed by atoms with Gasteiger partial charge in [-0.05, 0) is 24.3 Å². The maximum Gasteiger partial charge on any atom is 0.247 e. The van der Waals surface area contributed by atoms with E-state index in [1.54, 1.807) is 0 Å². The lowest BCUT2D eigenvalue weighted by Gasteiger charge is -2.03. The zero-order valence-corrected chi connectivity index (χ0v) is 12.4. The van der Waals surface area contributed by atoms with Crippen molar-refractivity contribution in [1.82, 2.24) is 15.4 Å². The first-order chi connectivity index (χ1) is 11.5. The number of amides is 1. The summed E-state index contributed by atoms with van der Waals surface area (Å²) in [6, 6.07) is 9.98. The van der Waals surface area contributed by atoms with Gasteiger partial charge in [0, 0.05) is 5.56 Å². The van der Waals surface area contributed by atoms with Crippen LogP contribution in [-0.4, -0.2) is 37.4 Å². The number of hydrogen-bond acceptors (Lipinski definition) is 6. The fourth-order valence-electron chi connectivity index (χ4n) is 2.14. The summed E-state index contributed by atoms with van der Waals surface area (Å²) in [5.74, 6) is -1.50. The lowest BCUT2D eigenvalue weighted by atomic mass is 10.2. The van der Waals surface area contributed by atoms with Crippen LogP contribution in [0.4, 0.5) is 0 Å². The number of imidazole rings is 1. The third-order valence-electron chi connectivity index (χ3n) is 3.32. The fraction of sp³-hybridized carbons (Fsp3) is 0.0625. The van der Waals surface area contributed by atoms with Crippen LogP contribution in [0.2, 0.25) is 0 Å². The van der Waals surface area contributed by atoms with E-state index in [4.69, 9.17) is 0 Å². The van der Waals surface area contributed by atoms with Gasteiger partial charge in [-0.25, -0.2) is 10.4 Å². The normalized spacial score (nSPS) is 11.2. The van der Waals surface area contributed by atoms with E-state index >= 15 is 0 Å². The highest BCUT2D eigenvalue weighted by Gasteiger charge is 2.10. The van der Waals surface area contributed by atoms with E-state index in [1.807, 2.05) is 24.3 Å². The number of nitrogens with one attached hydrogen (secondary N) is 2. The Morgan fingerprint density at radius 1 is 1.17 bits per heavy atom. The summed E-state index contributed by atoms with van der Waals surface area (Å²) in [4.78, 5) is 19.2. The van der Waals surface area contributed by atoms with Gasteiger partial charge in [-0.2, -0.15) is 5.10 Å². The van der Waals surface area contributed by atoms with Crippen LogP contribution in [0.3, 0.4) is 0 Å². The quantitative estimate of drug-likeness (QED) is 0.281. The number of aromatic hydroxyl groups is 3. The van der Waals surface area contributed by atoms with Crippen molar-refractivity contribution in [1.29, 1.82) is 0 Å². The summed E-state index contributed by atoms with van der Waals surface area (Å²) in [6.07, 6.45) is 1.17. The van der Waals surface area contributed by atoms with Crippen molar-refractivity contribution in [3.05, 3.63) is 47.8 Å². The number of hydrazone groups is 1. The van der Waals surface area contributed by atoms with Gasteiger partial charge in [-0.1, -0.05) is 12.1 Å². The van der Waals surface area contributed by atoms with Gasteiger partial charge >= 0.3 is 0 Å². The second-order valence-electron chi connectivity index (χ2n) is 5.04. The zero-order chi connectivity index (χ0) is 17.1. The Hall–Kier alpha value is -3.55. The van der Waals surface area contributed by atoms with Crippen LogP contribution in [0.25, 0.3) is 11.0 Å². The molecule has 1 amide bonds. The highest BCUT2D eigenvalue weighted by atomic mass is 16.3. The van der Waals surface area contributed by atoms with Crippen LogP contribution in [-0.2, 0) is 11.2 Å². The molecule has 3 rings (SSSR count). The average Bonchev–Trinajstić information content (AvgIpc) is 2.97. The molecule has 0 saturated heterocycles. The molecule has 122 valence electrons. The molecular formula is C16H14N4O4. The smallest absolute Gasteiger partial charge is 0.247 e. The zero-order valence-electron chi connectivity index (χ0n) is 12.4. The number of phenolic OH excluding ortho intramolecular Hbond substituents is 3. The maximum atomic E-state index is 11.8. The Kier molecular flexibility index (Phi) is 4.02. The van der Waals surface area contributed by atoms with Crippen molar-refractivity contribution in [2.45, 2.75) is 6.42 Å². The molecule has 1 aromatic heterocycles. The molecule has 0 aliphatic rings. The molecule has 0 bridgehead atoms. The fourth-order valence-corrected chi connectivity index (χ4v) is 2.14. The number of phenols is 3. The third kappa shape index (κ3) is 3.12. The van der Waals surface area contributed by atoms with E-state index < -0.39 is 23.2 Å². The second-order valence-corrected chi connectivity index (χ2v) is 5.04. The minimum absolute atomic E-state index is 0.0127. The van der Waals surface area contributed by atoms with Crippen LogP contribution in [0.15, 0.2) is 41.5 Å². The first-order valence-corrected chi connectivity index (χ1v) is 7.04. The lowest BCUT2D eigenvalue weighted by molar-refractivity contribution is -0.120. The van der Waals surface area contributed by atoms with Crippen LogP contribution in [0.5, 0.6) is 17.2 Å². The lowest BCUT2D eigenvalue weighted by Crippen LogP contribution is -2.20. The number of aromatic nitrogens is 2. The van der Waals surface area contributed by atoms with Gasteiger partial charge in [0.25, 0.3) is 0 Å². The summed E-state index contributed by atoms with van der Waals surface area (Å²) in [6.45, 7) is 0. The molecule has 5 N–H and O–H groups in total. The predicted molar refractivity (Wildman–Crippen MR) is 87.0 cm³/mol. The second kappa shape index (κ2) is 6.29. The molecule has 1 heterocycles. The van der Waals surface area contributed by atoms with Crippen LogP contribution < -0.4 is 5.43 Å². The Balaban J connectivity index is 1.64. The molecule has 0 saturated carbocycles. The molecule has 0 aliphatic heterocycles. The average molecular weight is 326 g/mol. The van der Waals surface area contributed by atoms with Crippen molar-refractivity contribution < 1.29 is 20.1 Å². The van der Waals surface area contributed by atoms with Crippen molar-refractivity contribution in [2.24, 2.45) is 5.10 Å². The van der Waals surface area contributed by atoms with E-state index in [2.05, 4.69) is 20.5 Å². The molecule has 0 atom stereocenters. The number of nitrogens with zero attached hydrogens (tertiary/aromatic N) is 2. The minimum atomic E-state index is -0.646. The molecule has 0 unspecified atom stereocenters. The van der Waals surface area contributed by atoms with Gasteiger partial charge < -0.3 is 20.3 Å². The van der Waals surface area contributed by atoms with Crippen molar-refractivity contribution in [2.75, 3.05) is 0 Å². The number of rotatable bonds is 4. The Morgan fingerprint density at radius 2 is 1.96 bits per heavy atom. The van der Waals surface area contributed by atoms with Crippen molar-refractivity contribution in [3.63, 3.8) is 0 Å². The SMILES string of the molecule is O=C(Cc1nc2ccccc2[nH]1)NN=Cc1ccc(O)c(O)c1O. The van der Waals surface area contributed by atoms with E-state index in [-0.39, 0.29) is 12.0 Å². The number of fused-ring (bicyclic) bond motifs is 1. The molecule has 24 heavy (non-hydrogen) atoms. The molecule has 2 aromatic carbocycles. The topological polar surface area (TPSA) is 131 Å². The van der Waals surface area contributed by atoms with Gasteiger partial charge in [0.2, 0.25) is 11.7 Å². The molecular weight excluding hydrogens is 312 g/mol. The Labute approximate surface area is 136 Å². The number of benzene rings is 2. The standard InChI is InChI=1S/C16H14N4O4/c21-12-6-5-9(15(23)16(12)24)8-17-20-14(22)7-13-18-10-3-1-2-4-11(10)19-13/h1-6,8,21,23-24H,7H2,(H,18,19)(H,20,22). The summed E-state index contributed by atoms with van der Waals surface area (Å²) < 4.78 is 0. The van der Waals surface area contributed by atoms with Crippen molar-refractivity contribution in [3.8, 4) is 17.2 Å². The summed E-state index contributed by atoms with van der Waals surface area (Å²) in [7, 11) is 0. The van der Waals surface area contributed by atoms with Crippen LogP contribution in [0.1, 0.15) is 11.4 Å². The number of carbonyl (C=O) groups excluding carboxylic acids is 1. The Morgan fingerprint density at radius 3 is 2.75 bits per heavy atom. The van der Waals surface area contributed by atoms with E-state index in [9.17, 15) is 20.1 Å². The van der Waals surface area contributed by atoms with Crippen LogP contribution in [0, 0.1) is 0 Å². The van der Waals surface area contributed by atoms with Gasteiger partial charge in [0.15, 0.2) is 11.5 Å². The monoisotopic (exact) mass is 326 g/mol. The van der Waals surface area contributed by atoms with Crippen LogP contribution >= 0.6 is 0 Å². The Bertz CT molecular complexity index is 900. The number of para-hydroxylation sites is 2. The molecule has 0 aliphatic carbocycles. The summed E-state index contributed by atoms with van der Waals surface area (Å²) >= 11 is 0. The molecule has 3 aromatic rings. The molecule has 8 nitrogen and oxygen atoms in total. The summed E-state index contributed by atoms with van der Waals surface area (Å²) in [5, 5.41) is 32.0. The number of hydrogen-bond donors (Lipinski definition) is 5. The number of aromatic amines is 1. The highest BCUT2D eigenvalue weighted by molar-refractivity contribution is 5.87. The van der Waals surface area contributed by atoms with E-state index in [0.717, 1.165) is 17.2 Å². The molecule has 0 spiro atoms. The number of H-pyrrole nitrogens is 1. The van der Waals surface area contributed by atoms with E-state index in [0.29, 0.717) is 5.82 Å². The minimum Gasteiger partial charge on any atom is -0.504 e. The molecule has 8 heteroatoms. The first-order valence-electron chi connectivity index (χ1n) is 7.04. The predicted octanol–water partition coefficient (Wildman–Crippen LogP) is 1.37. The molecule has 0 fully saturated rings. The number of carbonyl (C=O) groups is 1. The van der Waals surface area contributed by atoms with E-state index in [1.165, 1.54) is 12.1 Å². The van der Waals surface area contributed by atoms with Crippen molar-refractivity contribution >= 4 is 23.2 Å². The highest BCUT2D eigenvalue weighted by Crippen LogP contribution is 2.36. The molecule has 0 radical (unpaired) electrons. The van der Waals surface area contributed by atoms with Gasteiger partial charge in [0.1, 0.15) is 5.82 Å². The largest absolute Gasteiger partial charge is 0.504 e. The third-order valence-corrected chi connectivity index (χ3v) is 3.32. The summed E-state index contributed by atoms with van der Waals surface area (Å²) in [5.41, 5.74) is 4.06. The van der Waals surface area contributed by atoms with Gasteiger partial charge in [-0.3, -0.25) is 4.79 Å². The maximum absolute atomic E-state index is 11.8. The van der Waals surface area contributed by atoms with Gasteiger partial charge in [-0.15, -0.1) is 0 Å².